The molecule has 0 spiro atoms. The van der Waals surface area contributed by atoms with Crippen LogP contribution in [0.25, 0.3) is 0 Å². The second-order valence-electron chi connectivity index (χ2n) is 5.37. The maximum absolute atomic E-state index is 9.55. The third-order valence-electron chi connectivity index (χ3n) is 3.93. The van der Waals surface area contributed by atoms with Crippen LogP contribution in [0.5, 0.6) is 5.75 Å². The van der Waals surface area contributed by atoms with Gasteiger partial charge in [-0.2, -0.15) is 0 Å². The fourth-order valence-electron chi connectivity index (χ4n) is 2.96. The number of likely N-dealkylation sites (tertiary alicyclic amines) is 1. The number of aliphatic hydroxyl groups is 1. The number of halogens is 2. The standard InChI is InChI=1S/C15H21Cl2NO2/c1-10(9-19)14(18-5-3-4-6-18)11-7-12(16)15(20-2)13(17)8-11/h7-8,10,14,19H,3-6,9H2,1-2H3. The van der Waals surface area contributed by atoms with Gasteiger partial charge in [0.1, 0.15) is 0 Å². The summed E-state index contributed by atoms with van der Waals surface area (Å²) in [5.74, 6) is 0.641. The molecule has 0 bridgehead atoms. The van der Waals surface area contributed by atoms with Crippen LogP contribution in [-0.4, -0.2) is 36.8 Å². The number of methoxy groups -OCH3 is 1. The van der Waals surface area contributed by atoms with E-state index in [1.54, 1.807) is 7.11 Å². The Labute approximate surface area is 130 Å². The summed E-state index contributed by atoms with van der Waals surface area (Å²) in [7, 11) is 1.56. The Morgan fingerprint density at radius 2 is 1.80 bits per heavy atom. The zero-order chi connectivity index (χ0) is 14.7. The molecule has 0 aliphatic carbocycles. The van der Waals surface area contributed by atoms with Crippen molar-refractivity contribution in [3.05, 3.63) is 27.7 Å². The Kier molecular flexibility index (Phi) is 5.56. The molecule has 0 saturated carbocycles. The SMILES string of the molecule is COc1c(Cl)cc(C(C(C)CO)N2CCCC2)cc1Cl. The maximum Gasteiger partial charge on any atom is 0.156 e. The number of ether oxygens (including phenoxy) is 1. The average Bonchev–Trinajstić information content (AvgIpc) is 2.92. The quantitative estimate of drug-likeness (QED) is 0.897. The maximum atomic E-state index is 9.55. The number of hydrogen-bond acceptors (Lipinski definition) is 3. The van der Waals surface area contributed by atoms with Gasteiger partial charge in [0.2, 0.25) is 0 Å². The summed E-state index contributed by atoms with van der Waals surface area (Å²) in [6.07, 6.45) is 2.40. The zero-order valence-electron chi connectivity index (χ0n) is 11.9. The van der Waals surface area contributed by atoms with E-state index in [1.165, 1.54) is 12.8 Å². The van der Waals surface area contributed by atoms with Gasteiger partial charge in [-0.05, 0) is 49.5 Å². The molecule has 3 nitrogen and oxygen atoms in total. The minimum Gasteiger partial charge on any atom is -0.494 e. The van der Waals surface area contributed by atoms with Gasteiger partial charge in [0.25, 0.3) is 0 Å². The van der Waals surface area contributed by atoms with Gasteiger partial charge in [-0.15, -0.1) is 0 Å². The lowest BCUT2D eigenvalue weighted by atomic mass is 9.93. The lowest BCUT2D eigenvalue weighted by Crippen LogP contribution is -2.32. The Hall–Kier alpha value is -0.480. The molecule has 1 aliphatic rings. The zero-order valence-corrected chi connectivity index (χ0v) is 13.4. The number of hydrogen-bond donors (Lipinski definition) is 1. The highest BCUT2D eigenvalue weighted by Gasteiger charge is 2.29. The summed E-state index contributed by atoms with van der Waals surface area (Å²) < 4.78 is 5.20. The molecule has 0 amide bonds. The summed E-state index contributed by atoms with van der Waals surface area (Å²) in [6.45, 7) is 4.30. The van der Waals surface area contributed by atoms with Gasteiger partial charge < -0.3 is 9.84 Å². The lowest BCUT2D eigenvalue weighted by Gasteiger charge is -2.32. The molecule has 112 valence electrons. The first kappa shape index (κ1) is 15.9. The third kappa shape index (κ3) is 3.22. The summed E-state index contributed by atoms with van der Waals surface area (Å²) in [5.41, 5.74) is 1.05. The molecule has 1 N–H and O–H groups in total. The molecule has 1 aliphatic heterocycles. The van der Waals surface area contributed by atoms with Gasteiger partial charge >= 0.3 is 0 Å². The summed E-state index contributed by atoms with van der Waals surface area (Å²) >= 11 is 12.5. The fourth-order valence-corrected chi connectivity index (χ4v) is 3.62. The molecule has 2 atom stereocenters. The third-order valence-corrected chi connectivity index (χ3v) is 4.49. The molecule has 1 heterocycles. The lowest BCUT2D eigenvalue weighted by molar-refractivity contribution is 0.126. The summed E-state index contributed by atoms with van der Waals surface area (Å²) in [4.78, 5) is 2.40. The Balaban J connectivity index is 2.38. The van der Waals surface area contributed by atoms with Gasteiger partial charge in [-0.25, -0.2) is 0 Å². The first-order chi connectivity index (χ1) is 9.58. The van der Waals surface area contributed by atoms with Crippen molar-refractivity contribution in [1.82, 2.24) is 4.90 Å². The van der Waals surface area contributed by atoms with Crippen LogP contribution in [0.4, 0.5) is 0 Å². The number of nitrogens with zero attached hydrogens (tertiary/aromatic N) is 1. The van der Waals surface area contributed by atoms with Crippen molar-refractivity contribution in [2.45, 2.75) is 25.8 Å². The molecule has 2 unspecified atom stereocenters. The van der Waals surface area contributed by atoms with E-state index in [1.807, 2.05) is 12.1 Å². The van der Waals surface area contributed by atoms with Gasteiger partial charge in [0, 0.05) is 12.6 Å². The minimum absolute atomic E-state index is 0.133. The smallest absolute Gasteiger partial charge is 0.156 e. The Bertz CT molecular complexity index is 438. The first-order valence-electron chi connectivity index (χ1n) is 6.96. The predicted octanol–water partition coefficient (Wildman–Crippen LogP) is 3.77. The minimum atomic E-state index is 0.133. The van der Waals surface area contributed by atoms with E-state index in [0.717, 1.165) is 18.7 Å². The van der Waals surface area contributed by atoms with Crippen LogP contribution in [0.2, 0.25) is 10.0 Å². The van der Waals surface area contributed by atoms with Crippen molar-refractivity contribution in [2.24, 2.45) is 5.92 Å². The predicted molar refractivity (Wildman–Crippen MR) is 82.8 cm³/mol. The van der Waals surface area contributed by atoms with Crippen molar-refractivity contribution in [3.8, 4) is 5.75 Å². The molecule has 0 aromatic heterocycles. The van der Waals surface area contributed by atoms with Crippen LogP contribution in [-0.2, 0) is 0 Å². The van der Waals surface area contributed by atoms with E-state index in [-0.39, 0.29) is 18.6 Å². The second kappa shape index (κ2) is 6.99. The van der Waals surface area contributed by atoms with Crippen LogP contribution in [0.1, 0.15) is 31.4 Å². The molecule has 0 radical (unpaired) electrons. The number of benzene rings is 1. The second-order valence-corrected chi connectivity index (χ2v) is 6.18. The highest BCUT2D eigenvalue weighted by molar-refractivity contribution is 6.37. The molecule has 2 rings (SSSR count). The molecular formula is C15H21Cl2NO2. The first-order valence-corrected chi connectivity index (χ1v) is 7.72. The molecule has 5 heteroatoms. The van der Waals surface area contributed by atoms with Crippen LogP contribution in [0.15, 0.2) is 12.1 Å². The summed E-state index contributed by atoms with van der Waals surface area (Å²) in [6, 6.07) is 3.95. The van der Waals surface area contributed by atoms with Crippen molar-refractivity contribution in [2.75, 3.05) is 26.8 Å². The van der Waals surface area contributed by atoms with Gasteiger partial charge in [-0.1, -0.05) is 30.1 Å². The molecular weight excluding hydrogens is 297 g/mol. The van der Waals surface area contributed by atoms with Crippen LogP contribution < -0.4 is 4.74 Å². The van der Waals surface area contributed by atoms with E-state index in [4.69, 9.17) is 27.9 Å². The summed E-state index contributed by atoms with van der Waals surface area (Å²) in [5, 5.41) is 10.6. The van der Waals surface area contributed by atoms with Crippen molar-refractivity contribution in [1.29, 1.82) is 0 Å². The van der Waals surface area contributed by atoms with Gasteiger partial charge in [0.15, 0.2) is 5.75 Å². The van der Waals surface area contributed by atoms with Crippen LogP contribution in [0, 0.1) is 5.92 Å². The van der Waals surface area contributed by atoms with Crippen molar-refractivity contribution >= 4 is 23.2 Å². The topological polar surface area (TPSA) is 32.7 Å². The van der Waals surface area contributed by atoms with Crippen molar-refractivity contribution < 1.29 is 9.84 Å². The molecule has 20 heavy (non-hydrogen) atoms. The molecule has 1 fully saturated rings. The molecule has 1 aromatic carbocycles. The fraction of sp³-hybridized carbons (Fsp3) is 0.600. The van der Waals surface area contributed by atoms with E-state index < -0.39 is 0 Å². The molecule has 1 aromatic rings. The van der Waals surface area contributed by atoms with Gasteiger partial charge in [-0.3, -0.25) is 4.90 Å². The van der Waals surface area contributed by atoms with E-state index >= 15 is 0 Å². The average molecular weight is 318 g/mol. The van der Waals surface area contributed by atoms with Crippen LogP contribution >= 0.6 is 23.2 Å². The van der Waals surface area contributed by atoms with E-state index in [0.29, 0.717) is 15.8 Å². The number of aliphatic hydroxyl groups excluding tert-OH is 1. The van der Waals surface area contributed by atoms with Crippen LogP contribution in [0.3, 0.4) is 0 Å². The molecule has 1 saturated heterocycles. The normalized spacial score (nSPS) is 19.1. The van der Waals surface area contributed by atoms with Crippen molar-refractivity contribution in [3.63, 3.8) is 0 Å². The largest absolute Gasteiger partial charge is 0.494 e. The number of rotatable bonds is 5. The highest BCUT2D eigenvalue weighted by atomic mass is 35.5. The van der Waals surface area contributed by atoms with E-state index in [9.17, 15) is 5.11 Å². The van der Waals surface area contributed by atoms with Gasteiger partial charge in [0.05, 0.1) is 17.2 Å². The highest BCUT2D eigenvalue weighted by Crippen LogP contribution is 2.39. The Morgan fingerprint density at radius 3 is 2.25 bits per heavy atom. The monoisotopic (exact) mass is 317 g/mol. The Morgan fingerprint density at radius 1 is 1.25 bits per heavy atom. The van der Waals surface area contributed by atoms with E-state index in [2.05, 4.69) is 11.8 Å².